The van der Waals surface area contributed by atoms with E-state index in [2.05, 4.69) is 0 Å². The summed E-state index contributed by atoms with van der Waals surface area (Å²) in [7, 11) is -6.76. The lowest BCUT2D eigenvalue weighted by Gasteiger charge is -2.45. The summed E-state index contributed by atoms with van der Waals surface area (Å²) in [5.41, 5.74) is -0.926. The fourth-order valence-electron chi connectivity index (χ4n) is 2.22. The van der Waals surface area contributed by atoms with Gasteiger partial charge in [0.15, 0.2) is 9.84 Å². The van der Waals surface area contributed by atoms with Crippen LogP contribution in [-0.2, 0) is 19.9 Å². The minimum absolute atomic E-state index is 0.0528. The summed E-state index contributed by atoms with van der Waals surface area (Å²) >= 11 is 0. The van der Waals surface area contributed by atoms with Crippen molar-refractivity contribution < 1.29 is 21.9 Å². The van der Waals surface area contributed by atoms with E-state index in [-0.39, 0.29) is 31.0 Å². The van der Waals surface area contributed by atoms with Crippen LogP contribution >= 0.6 is 0 Å². The summed E-state index contributed by atoms with van der Waals surface area (Å²) in [6.07, 6.45) is 0.674. The maximum atomic E-state index is 12.1. The molecule has 2 saturated heterocycles. The third-order valence-electron chi connectivity index (χ3n) is 3.57. The molecule has 0 bridgehead atoms. The molecule has 2 aliphatic heterocycles. The van der Waals surface area contributed by atoms with Gasteiger partial charge >= 0.3 is 0 Å². The van der Waals surface area contributed by atoms with E-state index in [1.165, 1.54) is 4.31 Å². The van der Waals surface area contributed by atoms with Crippen LogP contribution in [0.2, 0.25) is 0 Å². The smallest absolute Gasteiger partial charge is 0.218 e. The highest BCUT2D eigenvalue weighted by Crippen LogP contribution is 2.31. The molecule has 0 spiro atoms. The van der Waals surface area contributed by atoms with Crippen LogP contribution in [0.4, 0.5) is 0 Å². The van der Waals surface area contributed by atoms with Crippen molar-refractivity contribution >= 4 is 19.9 Å². The summed E-state index contributed by atoms with van der Waals surface area (Å²) in [6.45, 7) is 1.97. The zero-order valence-corrected chi connectivity index (χ0v) is 11.3. The van der Waals surface area contributed by atoms with Crippen LogP contribution in [0.15, 0.2) is 0 Å². The molecule has 2 rings (SSSR count). The molecule has 0 aromatic rings. The number of hydrogen-bond donors (Lipinski definition) is 1. The lowest BCUT2D eigenvalue weighted by atomic mass is 9.94. The molecule has 2 aliphatic rings. The summed E-state index contributed by atoms with van der Waals surface area (Å²) in [4.78, 5) is 0. The first kappa shape index (κ1) is 13.3. The van der Waals surface area contributed by atoms with Crippen molar-refractivity contribution in [1.29, 1.82) is 0 Å². The maximum Gasteiger partial charge on any atom is 0.218 e. The van der Waals surface area contributed by atoms with E-state index in [9.17, 15) is 21.9 Å². The van der Waals surface area contributed by atoms with Crippen LogP contribution in [-0.4, -0.2) is 61.7 Å². The predicted octanol–water partition coefficient (Wildman–Crippen LogP) is -1.04. The van der Waals surface area contributed by atoms with E-state index in [0.29, 0.717) is 6.42 Å². The second-order valence-corrected chi connectivity index (χ2v) is 9.36. The summed E-state index contributed by atoms with van der Waals surface area (Å²) in [5, 5.41) is 8.95. The Hall–Kier alpha value is -0.180. The number of β-amino-alcohol motifs (C(OH)–C–C–N with tert-alkyl or cyclic N) is 1. The summed E-state index contributed by atoms with van der Waals surface area (Å²) < 4.78 is 47.8. The molecule has 0 aromatic carbocycles. The molecule has 8 heteroatoms. The number of aliphatic hydroxyl groups is 1. The van der Waals surface area contributed by atoms with Gasteiger partial charge in [-0.1, -0.05) is 6.92 Å². The average Bonchev–Trinajstić information content (AvgIpc) is 2.54. The highest BCUT2D eigenvalue weighted by molar-refractivity contribution is 7.95. The highest BCUT2D eigenvalue weighted by atomic mass is 32.2. The fourth-order valence-corrected chi connectivity index (χ4v) is 6.90. The largest absolute Gasteiger partial charge is 0.387 e. The third kappa shape index (κ3) is 2.35. The maximum absolute atomic E-state index is 12.1. The van der Waals surface area contributed by atoms with E-state index < -0.39 is 30.7 Å². The minimum Gasteiger partial charge on any atom is -0.387 e. The van der Waals surface area contributed by atoms with Crippen LogP contribution < -0.4 is 0 Å². The van der Waals surface area contributed by atoms with Crippen LogP contribution in [0.1, 0.15) is 19.8 Å². The lowest BCUT2D eigenvalue weighted by molar-refractivity contribution is -0.0616. The van der Waals surface area contributed by atoms with Crippen molar-refractivity contribution in [2.24, 2.45) is 0 Å². The Morgan fingerprint density at radius 3 is 2.41 bits per heavy atom. The van der Waals surface area contributed by atoms with Gasteiger partial charge in [0.25, 0.3) is 0 Å². The molecule has 1 N–H and O–H groups in total. The van der Waals surface area contributed by atoms with Crippen LogP contribution in [0.3, 0.4) is 0 Å². The van der Waals surface area contributed by atoms with Crippen molar-refractivity contribution in [2.45, 2.75) is 30.6 Å². The molecule has 0 saturated carbocycles. The molecule has 6 nitrogen and oxygen atoms in total. The first-order valence-corrected chi connectivity index (χ1v) is 8.93. The zero-order valence-electron chi connectivity index (χ0n) is 9.66. The fraction of sp³-hybridized carbons (Fsp3) is 1.00. The van der Waals surface area contributed by atoms with Gasteiger partial charge in [-0.3, -0.25) is 0 Å². The van der Waals surface area contributed by atoms with Crippen LogP contribution in [0, 0.1) is 0 Å². The van der Waals surface area contributed by atoms with Crippen molar-refractivity contribution in [3.8, 4) is 0 Å². The standard InChI is InChI=1S/C9H17NO5S2/c1-2-9(11)6-10(7-9)17(14,15)8-3-4-16(12,13)5-8/h8,11H,2-7H2,1H3. The van der Waals surface area contributed by atoms with E-state index in [1.807, 2.05) is 0 Å². The van der Waals surface area contributed by atoms with Crippen molar-refractivity contribution in [3.05, 3.63) is 0 Å². The van der Waals surface area contributed by atoms with Gasteiger partial charge in [-0.05, 0) is 12.8 Å². The molecule has 0 radical (unpaired) electrons. The Kier molecular flexibility index (Phi) is 3.05. The molecule has 100 valence electrons. The van der Waals surface area contributed by atoms with Crippen LogP contribution in [0.5, 0.6) is 0 Å². The third-order valence-corrected chi connectivity index (χ3v) is 7.77. The number of hydrogen-bond acceptors (Lipinski definition) is 5. The van der Waals surface area contributed by atoms with Gasteiger partial charge in [0.2, 0.25) is 10.0 Å². The van der Waals surface area contributed by atoms with Crippen molar-refractivity contribution in [3.63, 3.8) is 0 Å². The molecule has 17 heavy (non-hydrogen) atoms. The first-order chi connectivity index (χ1) is 7.69. The Morgan fingerprint density at radius 1 is 1.41 bits per heavy atom. The van der Waals surface area contributed by atoms with Gasteiger partial charge in [-0.25, -0.2) is 16.8 Å². The molecule has 1 atom stereocenters. The molecular formula is C9H17NO5S2. The topological polar surface area (TPSA) is 91.8 Å². The molecule has 2 heterocycles. The average molecular weight is 283 g/mol. The normalized spacial score (nSPS) is 32.2. The van der Waals surface area contributed by atoms with Gasteiger partial charge in [0.1, 0.15) is 0 Å². The Balaban J connectivity index is 2.07. The monoisotopic (exact) mass is 283 g/mol. The first-order valence-electron chi connectivity index (χ1n) is 5.60. The van der Waals surface area contributed by atoms with E-state index in [1.54, 1.807) is 6.92 Å². The van der Waals surface area contributed by atoms with Gasteiger partial charge in [0.05, 0.1) is 22.4 Å². The SMILES string of the molecule is CCC1(O)CN(S(=O)(=O)C2CCS(=O)(=O)C2)C1. The molecule has 0 aromatic heterocycles. The summed E-state index contributed by atoms with van der Waals surface area (Å²) in [5.74, 6) is -0.334. The zero-order chi connectivity index (χ0) is 12.9. The molecule has 2 fully saturated rings. The molecule has 0 aliphatic carbocycles. The predicted molar refractivity (Wildman–Crippen MR) is 62.8 cm³/mol. The molecule has 0 amide bonds. The number of nitrogens with zero attached hydrogens (tertiary/aromatic N) is 1. The van der Waals surface area contributed by atoms with Gasteiger partial charge in [0, 0.05) is 13.1 Å². The number of sulfonamides is 1. The van der Waals surface area contributed by atoms with Gasteiger partial charge in [-0.15, -0.1) is 0 Å². The number of sulfone groups is 1. The summed E-state index contributed by atoms with van der Waals surface area (Å²) in [6, 6.07) is 0. The quantitative estimate of drug-likeness (QED) is 0.714. The number of rotatable bonds is 3. The Bertz CT molecular complexity index is 504. The second-order valence-electron chi connectivity index (χ2n) is 4.92. The molecular weight excluding hydrogens is 266 g/mol. The minimum atomic E-state index is -3.56. The van der Waals surface area contributed by atoms with E-state index in [4.69, 9.17) is 0 Å². The highest BCUT2D eigenvalue weighted by Gasteiger charge is 2.49. The van der Waals surface area contributed by atoms with Crippen molar-refractivity contribution in [2.75, 3.05) is 24.6 Å². The lowest BCUT2D eigenvalue weighted by Crippen LogP contribution is -2.64. The van der Waals surface area contributed by atoms with Gasteiger partial charge < -0.3 is 5.11 Å². The van der Waals surface area contributed by atoms with E-state index >= 15 is 0 Å². The van der Waals surface area contributed by atoms with Crippen LogP contribution in [0.25, 0.3) is 0 Å². The Morgan fingerprint density at radius 2 is 2.00 bits per heavy atom. The van der Waals surface area contributed by atoms with Gasteiger partial charge in [-0.2, -0.15) is 4.31 Å². The van der Waals surface area contributed by atoms with E-state index in [0.717, 1.165) is 0 Å². The Labute approximate surface area is 102 Å². The molecule has 1 unspecified atom stereocenters. The second kappa shape index (κ2) is 3.91. The van der Waals surface area contributed by atoms with Crippen molar-refractivity contribution in [1.82, 2.24) is 4.31 Å².